The van der Waals surface area contributed by atoms with Crippen LogP contribution in [0.5, 0.6) is 0 Å². The maximum Gasteiger partial charge on any atom is 0.335 e. The minimum absolute atomic E-state index is 0.0688. The molecule has 0 aliphatic carbocycles. The fraction of sp³-hybridized carbons (Fsp3) is 0.357. The van der Waals surface area contributed by atoms with Gasteiger partial charge in [-0.3, -0.25) is 9.59 Å². The summed E-state index contributed by atoms with van der Waals surface area (Å²) in [4.78, 5) is 36.0. The summed E-state index contributed by atoms with van der Waals surface area (Å²) in [6.07, 6.45) is 1.41. The Labute approximate surface area is 116 Å². The highest BCUT2D eigenvalue weighted by Gasteiger charge is 2.27. The second-order valence-corrected chi connectivity index (χ2v) is 4.88. The van der Waals surface area contributed by atoms with E-state index in [1.165, 1.54) is 18.2 Å². The zero-order chi connectivity index (χ0) is 14.7. The minimum Gasteiger partial charge on any atom is -0.478 e. The lowest BCUT2D eigenvalue weighted by Crippen LogP contribution is -2.44. The Morgan fingerprint density at radius 2 is 1.95 bits per heavy atom. The molecule has 1 aliphatic heterocycles. The monoisotopic (exact) mass is 276 g/mol. The van der Waals surface area contributed by atoms with Crippen LogP contribution in [0, 0.1) is 5.92 Å². The molecule has 1 aromatic carbocycles. The first-order valence-electron chi connectivity index (χ1n) is 6.41. The number of nitrogens with zero attached hydrogens (tertiary/aromatic N) is 1. The van der Waals surface area contributed by atoms with Gasteiger partial charge in [-0.2, -0.15) is 0 Å². The molecule has 6 heteroatoms. The summed E-state index contributed by atoms with van der Waals surface area (Å²) in [5, 5.41) is 8.93. The van der Waals surface area contributed by atoms with Gasteiger partial charge in [0.05, 0.1) is 11.5 Å². The number of amides is 2. The number of hydrogen-bond acceptors (Lipinski definition) is 3. The summed E-state index contributed by atoms with van der Waals surface area (Å²) in [7, 11) is 0. The average molecular weight is 276 g/mol. The van der Waals surface area contributed by atoms with Gasteiger partial charge in [-0.25, -0.2) is 4.79 Å². The van der Waals surface area contributed by atoms with Gasteiger partial charge in [-0.1, -0.05) is 6.07 Å². The number of benzene rings is 1. The van der Waals surface area contributed by atoms with Crippen LogP contribution in [-0.4, -0.2) is 40.9 Å². The van der Waals surface area contributed by atoms with Crippen LogP contribution in [0.2, 0.25) is 0 Å². The zero-order valence-corrected chi connectivity index (χ0v) is 10.9. The molecule has 1 aromatic rings. The van der Waals surface area contributed by atoms with Crippen molar-refractivity contribution in [3.8, 4) is 0 Å². The molecule has 6 nitrogen and oxygen atoms in total. The number of primary amides is 1. The van der Waals surface area contributed by atoms with E-state index in [1.807, 2.05) is 0 Å². The van der Waals surface area contributed by atoms with Gasteiger partial charge in [0.1, 0.15) is 0 Å². The maximum atomic E-state index is 12.3. The Morgan fingerprint density at radius 1 is 1.25 bits per heavy atom. The molecule has 0 unspecified atom stereocenters. The number of rotatable bonds is 3. The van der Waals surface area contributed by atoms with Crippen LogP contribution in [-0.2, 0) is 4.79 Å². The summed E-state index contributed by atoms with van der Waals surface area (Å²) in [5.74, 6) is -2.07. The largest absolute Gasteiger partial charge is 0.478 e. The predicted octanol–water partition coefficient (Wildman–Crippen LogP) is 0.722. The van der Waals surface area contributed by atoms with Crippen LogP contribution in [0.1, 0.15) is 33.6 Å². The van der Waals surface area contributed by atoms with Gasteiger partial charge in [0.15, 0.2) is 0 Å². The van der Waals surface area contributed by atoms with Gasteiger partial charge < -0.3 is 15.7 Å². The molecule has 1 heterocycles. The molecule has 0 bridgehead atoms. The quantitative estimate of drug-likeness (QED) is 0.849. The van der Waals surface area contributed by atoms with Crippen LogP contribution in [0.25, 0.3) is 0 Å². The Bertz CT molecular complexity index is 556. The molecule has 0 aromatic heterocycles. The molecule has 1 atom stereocenters. The van der Waals surface area contributed by atoms with Gasteiger partial charge in [-0.15, -0.1) is 0 Å². The van der Waals surface area contributed by atoms with Crippen molar-refractivity contribution in [1.82, 2.24) is 4.90 Å². The SMILES string of the molecule is NC(=O)[C@H]1CCCN(C(=O)c2cccc(C(=O)O)c2)C1. The molecule has 2 amide bonds. The normalized spacial score (nSPS) is 18.6. The smallest absolute Gasteiger partial charge is 0.335 e. The van der Waals surface area contributed by atoms with E-state index in [4.69, 9.17) is 10.8 Å². The van der Waals surface area contributed by atoms with Crippen molar-refractivity contribution in [3.63, 3.8) is 0 Å². The molecule has 1 aliphatic rings. The fourth-order valence-electron chi connectivity index (χ4n) is 2.36. The third-order valence-electron chi connectivity index (χ3n) is 3.47. The van der Waals surface area contributed by atoms with Crippen LogP contribution in [0.3, 0.4) is 0 Å². The standard InChI is InChI=1S/C14H16N2O4/c15-12(17)11-5-2-6-16(8-11)13(18)9-3-1-4-10(7-9)14(19)20/h1,3-4,7,11H,2,5-6,8H2,(H2,15,17)(H,19,20)/t11-/m0/s1. The third kappa shape index (κ3) is 2.96. The Kier molecular flexibility index (Phi) is 4.02. The third-order valence-corrected chi connectivity index (χ3v) is 3.47. The van der Waals surface area contributed by atoms with Gasteiger partial charge in [0, 0.05) is 18.7 Å². The molecular formula is C14H16N2O4. The summed E-state index contributed by atoms with van der Waals surface area (Å²) in [6, 6.07) is 5.88. The highest BCUT2D eigenvalue weighted by molar-refractivity contribution is 5.97. The van der Waals surface area contributed by atoms with E-state index in [0.29, 0.717) is 25.1 Å². The van der Waals surface area contributed by atoms with Gasteiger partial charge in [0.2, 0.25) is 5.91 Å². The summed E-state index contributed by atoms with van der Waals surface area (Å²) >= 11 is 0. The van der Waals surface area contributed by atoms with Crippen LogP contribution in [0.15, 0.2) is 24.3 Å². The van der Waals surface area contributed by atoms with Gasteiger partial charge >= 0.3 is 5.97 Å². The van der Waals surface area contributed by atoms with E-state index in [0.717, 1.165) is 6.42 Å². The number of piperidine rings is 1. The lowest BCUT2D eigenvalue weighted by molar-refractivity contribution is -0.123. The van der Waals surface area contributed by atoms with Crippen molar-refractivity contribution in [1.29, 1.82) is 0 Å². The molecule has 0 spiro atoms. The van der Waals surface area contributed by atoms with Crippen LogP contribution in [0.4, 0.5) is 0 Å². The van der Waals surface area contributed by atoms with E-state index in [2.05, 4.69) is 0 Å². The van der Waals surface area contributed by atoms with Crippen molar-refractivity contribution < 1.29 is 19.5 Å². The van der Waals surface area contributed by atoms with E-state index < -0.39 is 11.9 Å². The van der Waals surface area contributed by atoms with Crippen molar-refractivity contribution in [2.75, 3.05) is 13.1 Å². The van der Waals surface area contributed by atoms with Crippen molar-refractivity contribution in [3.05, 3.63) is 35.4 Å². The summed E-state index contributed by atoms with van der Waals surface area (Å²) < 4.78 is 0. The molecule has 20 heavy (non-hydrogen) atoms. The number of hydrogen-bond donors (Lipinski definition) is 2. The lowest BCUT2D eigenvalue weighted by Gasteiger charge is -2.31. The first-order valence-corrected chi connectivity index (χ1v) is 6.41. The van der Waals surface area contributed by atoms with Crippen LogP contribution < -0.4 is 5.73 Å². The first kappa shape index (κ1) is 14.0. The number of likely N-dealkylation sites (tertiary alicyclic amines) is 1. The number of carbonyl (C=O) groups is 3. The minimum atomic E-state index is -1.08. The fourth-order valence-corrected chi connectivity index (χ4v) is 2.36. The maximum absolute atomic E-state index is 12.3. The predicted molar refractivity (Wildman–Crippen MR) is 71.2 cm³/mol. The first-order chi connectivity index (χ1) is 9.49. The number of nitrogens with two attached hydrogens (primary N) is 1. The average Bonchev–Trinajstić information content (AvgIpc) is 2.46. The van der Waals surface area contributed by atoms with Gasteiger partial charge in [0.25, 0.3) is 5.91 Å². The number of aromatic carboxylic acids is 1. The zero-order valence-electron chi connectivity index (χ0n) is 10.9. The molecule has 1 fully saturated rings. The topological polar surface area (TPSA) is 101 Å². The highest BCUT2D eigenvalue weighted by atomic mass is 16.4. The number of carbonyl (C=O) groups excluding carboxylic acids is 2. The van der Waals surface area contributed by atoms with E-state index in [1.54, 1.807) is 11.0 Å². The van der Waals surface area contributed by atoms with Crippen molar-refractivity contribution in [2.24, 2.45) is 11.7 Å². The molecular weight excluding hydrogens is 260 g/mol. The molecule has 0 radical (unpaired) electrons. The summed E-state index contributed by atoms with van der Waals surface area (Å²) in [6.45, 7) is 0.853. The molecule has 106 valence electrons. The Balaban J connectivity index is 2.16. The number of carboxylic acids is 1. The van der Waals surface area contributed by atoms with Crippen molar-refractivity contribution in [2.45, 2.75) is 12.8 Å². The Morgan fingerprint density at radius 3 is 2.60 bits per heavy atom. The van der Waals surface area contributed by atoms with Crippen LogP contribution >= 0.6 is 0 Å². The lowest BCUT2D eigenvalue weighted by atomic mass is 9.96. The highest BCUT2D eigenvalue weighted by Crippen LogP contribution is 2.18. The van der Waals surface area contributed by atoms with Gasteiger partial charge in [-0.05, 0) is 31.0 Å². The van der Waals surface area contributed by atoms with E-state index >= 15 is 0 Å². The Hall–Kier alpha value is -2.37. The van der Waals surface area contributed by atoms with Crippen molar-refractivity contribution >= 4 is 17.8 Å². The number of carboxylic acid groups (broad SMARTS) is 1. The second-order valence-electron chi connectivity index (χ2n) is 4.88. The molecule has 2 rings (SSSR count). The molecule has 3 N–H and O–H groups in total. The second kappa shape index (κ2) is 5.73. The molecule has 0 saturated carbocycles. The van der Waals surface area contributed by atoms with E-state index in [9.17, 15) is 14.4 Å². The summed E-state index contributed by atoms with van der Waals surface area (Å²) in [5.41, 5.74) is 5.66. The van der Waals surface area contributed by atoms with E-state index in [-0.39, 0.29) is 17.4 Å². The molecule has 1 saturated heterocycles.